The third-order valence-corrected chi connectivity index (χ3v) is 4.59. The van der Waals surface area contributed by atoms with Crippen LogP contribution in [0, 0.1) is 0 Å². The number of benzene rings is 1. The second-order valence-electron chi connectivity index (χ2n) is 7.05. The number of aromatic nitrogens is 2. The van der Waals surface area contributed by atoms with Gasteiger partial charge in [0.25, 0.3) is 0 Å². The first kappa shape index (κ1) is 19.4. The number of hydrogen-bond donors (Lipinski definition) is 1. The summed E-state index contributed by atoms with van der Waals surface area (Å²) in [5, 5.41) is 3.45. The number of nitrogens with zero attached hydrogens (tertiary/aromatic N) is 4. The fourth-order valence-electron chi connectivity index (χ4n) is 3.23. The molecule has 2 heterocycles. The number of likely N-dealkylation sites (tertiary alicyclic amines) is 1. The molecule has 0 amide bonds. The largest absolute Gasteiger partial charge is 0.416 e. The molecule has 0 saturated carbocycles. The van der Waals surface area contributed by atoms with Crippen molar-refractivity contribution in [2.75, 3.05) is 37.4 Å². The number of nitrogens with one attached hydrogen (secondary N) is 1. The summed E-state index contributed by atoms with van der Waals surface area (Å²) in [5.74, 6) is 1.44. The molecule has 1 aromatic heterocycles. The fourth-order valence-corrected chi connectivity index (χ4v) is 3.23. The molecule has 0 radical (unpaired) electrons. The number of halogens is 3. The Bertz CT molecular complexity index is 746. The van der Waals surface area contributed by atoms with Crippen LogP contribution >= 0.6 is 0 Å². The van der Waals surface area contributed by atoms with E-state index in [4.69, 9.17) is 0 Å². The predicted molar refractivity (Wildman–Crippen MR) is 99.7 cm³/mol. The Morgan fingerprint density at radius 3 is 2.59 bits per heavy atom. The van der Waals surface area contributed by atoms with E-state index in [0.717, 1.165) is 49.4 Å². The molecular formula is C19H24F3N5. The minimum Gasteiger partial charge on any atom is -0.366 e. The Morgan fingerprint density at radius 1 is 1.19 bits per heavy atom. The molecule has 3 rings (SSSR count). The van der Waals surface area contributed by atoms with Gasteiger partial charge >= 0.3 is 6.18 Å². The van der Waals surface area contributed by atoms with Gasteiger partial charge in [-0.3, -0.25) is 4.90 Å². The molecule has 0 spiro atoms. The maximum absolute atomic E-state index is 12.7. The lowest BCUT2D eigenvalue weighted by Crippen LogP contribution is -2.41. The third kappa shape index (κ3) is 5.32. The monoisotopic (exact) mass is 379 g/mol. The molecule has 1 aliphatic rings. The fraction of sp³-hybridized carbons (Fsp3) is 0.474. The van der Waals surface area contributed by atoms with E-state index in [0.29, 0.717) is 12.5 Å². The van der Waals surface area contributed by atoms with Gasteiger partial charge < -0.3 is 10.2 Å². The Balaban J connectivity index is 1.58. The van der Waals surface area contributed by atoms with Gasteiger partial charge in [-0.25, -0.2) is 4.98 Å². The SMILES string of the molecule is CN(C)c1nccc(NC2CCCN(Cc3ccc(C(F)(F)F)cc3)C2)n1. The Hall–Kier alpha value is -2.35. The van der Waals surface area contributed by atoms with Gasteiger partial charge in [0, 0.05) is 39.4 Å². The summed E-state index contributed by atoms with van der Waals surface area (Å²) in [6.07, 6.45) is -0.496. The minimum atomic E-state index is -4.29. The van der Waals surface area contributed by atoms with Gasteiger partial charge in [0.05, 0.1) is 5.56 Å². The van der Waals surface area contributed by atoms with Crippen LogP contribution in [0.5, 0.6) is 0 Å². The quantitative estimate of drug-likeness (QED) is 0.859. The van der Waals surface area contributed by atoms with Crippen molar-refractivity contribution in [3.05, 3.63) is 47.7 Å². The summed E-state index contributed by atoms with van der Waals surface area (Å²) in [7, 11) is 3.79. The average Bonchev–Trinajstić information content (AvgIpc) is 2.62. The molecule has 146 valence electrons. The average molecular weight is 379 g/mol. The van der Waals surface area contributed by atoms with Crippen LogP contribution in [0.15, 0.2) is 36.5 Å². The van der Waals surface area contributed by atoms with Crippen LogP contribution in [0.1, 0.15) is 24.0 Å². The van der Waals surface area contributed by atoms with Crippen molar-refractivity contribution in [2.45, 2.75) is 31.6 Å². The summed E-state index contributed by atoms with van der Waals surface area (Å²) < 4.78 is 38.0. The second kappa shape index (κ2) is 8.12. The van der Waals surface area contributed by atoms with E-state index in [1.165, 1.54) is 0 Å². The van der Waals surface area contributed by atoms with Gasteiger partial charge in [-0.05, 0) is 43.1 Å². The highest BCUT2D eigenvalue weighted by Crippen LogP contribution is 2.29. The molecule has 27 heavy (non-hydrogen) atoms. The van der Waals surface area contributed by atoms with Crippen molar-refractivity contribution in [1.29, 1.82) is 0 Å². The summed E-state index contributed by atoms with van der Waals surface area (Å²) >= 11 is 0. The van der Waals surface area contributed by atoms with E-state index >= 15 is 0 Å². The maximum atomic E-state index is 12.7. The lowest BCUT2D eigenvalue weighted by atomic mass is 10.0. The van der Waals surface area contributed by atoms with Crippen LogP contribution < -0.4 is 10.2 Å². The van der Waals surface area contributed by atoms with E-state index in [1.807, 2.05) is 25.1 Å². The zero-order chi connectivity index (χ0) is 19.4. The molecule has 8 heteroatoms. The van der Waals surface area contributed by atoms with E-state index in [2.05, 4.69) is 20.2 Å². The zero-order valence-electron chi connectivity index (χ0n) is 15.5. The summed E-state index contributed by atoms with van der Waals surface area (Å²) in [5.41, 5.74) is 0.283. The number of alkyl halides is 3. The molecule has 1 fully saturated rings. The first-order valence-electron chi connectivity index (χ1n) is 8.96. The van der Waals surface area contributed by atoms with Gasteiger partial charge in [0.1, 0.15) is 5.82 Å². The predicted octanol–water partition coefficient (Wildman–Crippen LogP) is 3.64. The van der Waals surface area contributed by atoms with Crippen molar-refractivity contribution < 1.29 is 13.2 Å². The minimum absolute atomic E-state index is 0.248. The molecule has 1 atom stereocenters. The van der Waals surface area contributed by atoms with Crippen molar-refractivity contribution in [2.24, 2.45) is 0 Å². The normalized spacial score (nSPS) is 18.3. The van der Waals surface area contributed by atoms with Crippen LogP contribution in [0.25, 0.3) is 0 Å². The molecule has 0 aliphatic carbocycles. The van der Waals surface area contributed by atoms with Crippen LogP contribution in [-0.4, -0.2) is 48.1 Å². The third-order valence-electron chi connectivity index (χ3n) is 4.59. The van der Waals surface area contributed by atoms with Gasteiger partial charge in [0.2, 0.25) is 5.95 Å². The summed E-state index contributed by atoms with van der Waals surface area (Å²) in [6, 6.07) is 7.53. The van der Waals surface area contributed by atoms with Gasteiger partial charge in [-0.15, -0.1) is 0 Å². The lowest BCUT2D eigenvalue weighted by molar-refractivity contribution is -0.137. The summed E-state index contributed by atoms with van der Waals surface area (Å²) in [4.78, 5) is 12.8. The highest BCUT2D eigenvalue weighted by molar-refractivity contribution is 5.41. The number of hydrogen-bond acceptors (Lipinski definition) is 5. The van der Waals surface area contributed by atoms with Gasteiger partial charge in [0.15, 0.2) is 0 Å². The smallest absolute Gasteiger partial charge is 0.366 e. The highest BCUT2D eigenvalue weighted by Gasteiger charge is 2.30. The molecule has 0 bridgehead atoms. The Labute approximate surface area is 157 Å². The van der Waals surface area contributed by atoms with Crippen LogP contribution in [0.2, 0.25) is 0 Å². The lowest BCUT2D eigenvalue weighted by Gasteiger charge is -2.33. The van der Waals surface area contributed by atoms with Crippen LogP contribution in [0.4, 0.5) is 24.9 Å². The van der Waals surface area contributed by atoms with Gasteiger partial charge in [-0.2, -0.15) is 18.2 Å². The molecular weight excluding hydrogens is 355 g/mol. The van der Waals surface area contributed by atoms with E-state index < -0.39 is 11.7 Å². The zero-order valence-corrected chi connectivity index (χ0v) is 15.5. The Kier molecular flexibility index (Phi) is 5.84. The molecule has 1 N–H and O–H groups in total. The van der Waals surface area contributed by atoms with Crippen molar-refractivity contribution in [3.63, 3.8) is 0 Å². The molecule has 1 unspecified atom stereocenters. The van der Waals surface area contributed by atoms with Crippen LogP contribution in [-0.2, 0) is 12.7 Å². The number of piperidine rings is 1. The molecule has 1 saturated heterocycles. The highest BCUT2D eigenvalue weighted by atomic mass is 19.4. The molecule has 2 aromatic rings. The van der Waals surface area contributed by atoms with Crippen molar-refractivity contribution >= 4 is 11.8 Å². The summed E-state index contributed by atoms with van der Waals surface area (Å²) in [6.45, 7) is 2.40. The van der Waals surface area contributed by atoms with E-state index in [1.54, 1.807) is 18.3 Å². The first-order valence-corrected chi connectivity index (χ1v) is 8.96. The number of rotatable bonds is 5. The first-order chi connectivity index (χ1) is 12.8. The van der Waals surface area contributed by atoms with E-state index in [9.17, 15) is 13.2 Å². The standard InChI is InChI=1S/C19H24F3N5/c1-26(2)18-23-10-9-17(25-18)24-16-4-3-11-27(13-16)12-14-5-7-15(8-6-14)19(20,21)22/h5-10,16H,3-4,11-13H2,1-2H3,(H,23,24,25). The number of anilines is 2. The Morgan fingerprint density at radius 2 is 1.93 bits per heavy atom. The topological polar surface area (TPSA) is 44.3 Å². The van der Waals surface area contributed by atoms with Gasteiger partial charge in [-0.1, -0.05) is 12.1 Å². The van der Waals surface area contributed by atoms with E-state index in [-0.39, 0.29) is 6.04 Å². The van der Waals surface area contributed by atoms with Crippen molar-refractivity contribution in [3.8, 4) is 0 Å². The molecule has 1 aliphatic heterocycles. The second-order valence-corrected chi connectivity index (χ2v) is 7.05. The van der Waals surface area contributed by atoms with Crippen molar-refractivity contribution in [1.82, 2.24) is 14.9 Å². The molecule has 1 aromatic carbocycles. The van der Waals surface area contributed by atoms with Crippen LogP contribution in [0.3, 0.4) is 0 Å². The molecule has 5 nitrogen and oxygen atoms in total. The maximum Gasteiger partial charge on any atom is 0.416 e.